The van der Waals surface area contributed by atoms with Crippen molar-refractivity contribution in [1.29, 1.82) is 0 Å². The SMILES string of the molecule is CC\C=C/C=C\C=C/C=C\C=C\C=C/CCCCCC(=O)OC(COC(=O)CCC/C=C\C/C=C\C/C=C\CCCCCCCC)COC(=O)CCCCCCC\C=C/C=C\C=C/CCCCCCC. The van der Waals surface area contributed by atoms with Crippen LogP contribution in [0.3, 0.4) is 0 Å². The van der Waals surface area contributed by atoms with E-state index in [1.165, 1.54) is 77.0 Å². The van der Waals surface area contributed by atoms with E-state index < -0.39 is 6.10 Å². The molecule has 0 radical (unpaired) electrons. The van der Waals surface area contributed by atoms with Crippen LogP contribution in [-0.2, 0) is 28.6 Å². The molecule has 0 bridgehead atoms. The summed E-state index contributed by atoms with van der Waals surface area (Å²) in [6, 6.07) is 0. The first-order valence-electron chi connectivity index (χ1n) is 28.0. The minimum absolute atomic E-state index is 0.129. The van der Waals surface area contributed by atoms with Crippen LogP contribution in [0.1, 0.15) is 220 Å². The van der Waals surface area contributed by atoms with Gasteiger partial charge in [0.05, 0.1) is 0 Å². The zero-order valence-corrected chi connectivity index (χ0v) is 44.7. The summed E-state index contributed by atoms with van der Waals surface area (Å²) in [5.41, 5.74) is 0. The molecule has 0 aromatic rings. The maximum Gasteiger partial charge on any atom is 0.306 e. The predicted octanol–water partition coefficient (Wildman–Crippen LogP) is 18.8. The van der Waals surface area contributed by atoms with E-state index in [1.807, 2.05) is 60.8 Å². The molecule has 0 rings (SSSR count). The van der Waals surface area contributed by atoms with E-state index in [2.05, 4.69) is 106 Å². The van der Waals surface area contributed by atoms with Crippen LogP contribution in [0.15, 0.2) is 146 Å². The van der Waals surface area contributed by atoms with Crippen LogP contribution >= 0.6 is 0 Å². The van der Waals surface area contributed by atoms with Crippen LogP contribution in [0.4, 0.5) is 0 Å². The Bertz CT molecular complexity index is 1580. The summed E-state index contributed by atoms with van der Waals surface area (Å²) >= 11 is 0. The minimum atomic E-state index is -0.838. The van der Waals surface area contributed by atoms with Crippen molar-refractivity contribution in [3.63, 3.8) is 0 Å². The number of carbonyl (C=O) groups excluding carboxylic acids is 3. The van der Waals surface area contributed by atoms with E-state index in [0.29, 0.717) is 19.3 Å². The Balaban J connectivity index is 4.63. The molecule has 0 saturated carbocycles. The van der Waals surface area contributed by atoms with Gasteiger partial charge in [0, 0.05) is 19.3 Å². The molecule has 392 valence electrons. The monoisotopic (exact) mass is 965 g/mol. The van der Waals surface area contributed by atoms with Crippen molar-refractivity contribution in [3.05, 3.63) is 146 Å². The Hall–Kier alpha value is -4.71. The zero-order chi connectivity index (χ0) is 50.7. The number of unbranched alkanes of at least 4 members (excludes halogenated alkanes) is 20. The molecular formula is C64H100O6. The number of allylic oxidation sites excluding steroid dienone is 24. The van der Waals surface area contributed by atoms with E-state index in [-0.39, 0.29) is 44.0 Å². The Morgan fingerprint density at radius 1 is 0.314 bits per heavy atom. The highest BCUT2D eigenvalue weighted by atomic mass is 16.6. The highest BCUT2D eigenvalue weighted by molar-refractivity contribution is 5.71. The van der Waals surface area contributed by atoms with Crippen LogP contribution in [0.5, 0.6) is 0 Å². The number of carbonyl (C=O) groups is 3. The molecule has 0 heterocycles. The van der Waals surface area contributed by atoms with Gasteiger partial charge in [-0.15, -0.1) is 0 Å². The van der Waals surface area contributed by atoms with Gasteiger partial charge in [0.15, 0.2) is 6.10 Å². The molecule has 0 amide bonds. The molecule has 1 unspecified atom stereocenters. The molecule has 6 nitrogen and oxygen atoms in total. The van der Waals surface area contributed by atoms with Crippen molar-refractivity contribution in [2.24, 2.45) is 0 Å². The normalized spacial score (nSPS) is 13.2. The van der Waals surface area contributed by atoms with Gasteiger partial charge in [0.2, 0.25) is 0 Å². The zero-order valence-electron chi connectivity index (χ0n) is 44.7. The van der Waals surface area contributed by atoms with Gasteiger partial charge in [-0.25, -0.2) is 0 Å². The third-order valence-electron chi connectivity index (χ3n) is 11.3. The predicted molar refractivity (Wildman–Crippen MR) is 302 cm³/mol. The summed E-state index contributed by atoms with van der Waals surface area (Å²) in [5.74, 6) is -1.05. The second kappa shape index (κ2) is 56.9. The smallest absolute Gasteiger partial charge is 0.306 e. The average Bonchev–Trinajstić information content (AvgIpc) is 3.36. The fraction of sp³-hybridized carbons (Fsp3) is 0.578. The van der Waals surface area contributed by atoms with Crippen LogP contribution in [-0.4, -0.2) is 37.2 Å². The van der Waals surface area contributed by atoms with E-state index >= 15 is 0 Å². The third kappa shape index (κ3) is 54.2. The number of hydrogen-bond acceptors (Lipinski definition) is 6. The highest BCUT2D eigenvalue weighted by Crippen LogP contribution is 2.12. The molecule has 70 heavy (non-hydrogen) atoms. The first-order valence-corrected chi connectivity index (χ1v) is 28.0. The fourth-order valence-electron chi connectivity index (χ4n) is 7.08. The number of rotatable bonds is 48. The lowest BCUT2D eigenvalue weighted by Crippen LogP contribution is -2.30. The number of ether oxygens (including phenoxy) is 3. The molecular weight excluding hydrogens is 865 g/mol. The second-order valence-electron chi connectivity index (χ2n) is 18.0. The van der Waals surface area contributed by atoms with E-state index in [9.17, 15) is 14.4 Å². The van der Waals surface area contributed by atoms with E-state index in [0.717, 1.165) is 89.9 Å². The molecule has 0 aromatic carbocycles. The first kappa shape index (κ1) is 65.3. The maximum absolute atomic E-state index is 12.8. The summed E-state index contributed by atoms with van der Waals surface area (Å²) in [6.45, 7) is 6.36. The van der Waals surface area contributed by atoms with Crippen LogP contribution in [0.2, 0.25) is 0 Å². The highest BCUT2D eigenvalue weighted by Gasteiger charge is 2.19. The summed E-state index contributed by atoms with van der Waals surface area (Å²) in [5, 5.41) is 0. The molecule has 0 fully saturated rings. The van der Waals surface area contributed by atoms with Crippen LogP contribution in [0, 0.1) is 0 Å². The third-order valence-corrected chi connectivity index (χ3v) is 11.3. The standard InChI is InChI=1S/C64H100O6/c1-4-7-10-13-16-19-22-25-28-31-34-36-39-42-45-48-51-54-57-63(66)69-60-61(70-64(67)58-55-52-49-46-43-40-37-33-30-27-24-21-18-15-12-9-6-3)59-68-62(65)56-53-50-47-44-41-38-35-32-29-26-23-20-17-14-11-8-5-2/h9,12,15,18,21-22,24-31,33-38,40,43-44,47,61H,4-8,10-11,13-14,16-17,19-20,23,32,39,41-42,45-46,48-60H2,1-3H3/b12-9-,18-15-,24-21-,25-22-,29-26-,30-27-,31-28-,36-34-,37-33+,38-35-,43-40-,47-44-. The van der Waals surface area contributed by atoms with Gasteiger partial charge in [0.1, 0.15) is 13.2 Å². The summed E-state index contributed by atoms with van der Waals surface area (Å²) in [7, 11) is 0. The average molecular weight is 965 g/mol. The van der Waals surface area contributed by atoms with Crippen molar-refractivity contribution in [3.8, 4) is 0 Å². The Morgan fingerprint density at radius 2 is 0.629 bits per heavy atom. The molecule has 0 aromatic heterocycles. The second-order valence-corrected chi connectivity index (χ2v) is 18.0. The van der Waals surface area contributed by atoms with Gasteiger partial charge in [-0.3, -0.25) is 14.4 Å². The van der Waals surface area contributed by atoms with Crippen molar-refractivity contribution in [1.82, 2.24) is 0 Å². The van der Waals surface area contributed by atoms with Crippen LogP contribution < -0.4 is 0 Å². The molecule has 6 heteroatoms. The molecule has 0 spiro atoms. The quantitative estimate of drug-likeness (QED) is 0.0199. The Morgan fingerprint density at radius 3 is 1.07 bits per heavy atom. The molecule has 0 N–H and O–H groups in total. The van der Waals surface area contributed by atoms with Gasteiger partial charge in [-0.2, -0.15) is 0 Å². The van der Waals surface area contributed by atoms with Gasteiger partial charge in [-0.05, 0) is 96.3 Å². The largest absolute Gasteiger partial charge is 0.462 e. The maximum atomic E-state index is 12.8. The summed E-state index contributed by atoms with van der Waals surface area (Å²) in [6.07, 6.45) is 81.2. The van der Waals surface area contributed by atoms with Crippen molar-refractivity contribution < 1.29 is 28.6 Å². The van der Waals surface area contributed by atoms with Crippen molar-refractivity contribution in [2.75, 3.05) is 13.2 Å². The molecule has 0 saturated heterocycles. The van der Waals surface area contributed by atoms with Crippen molar-refractivity contribution in [2.45, 2.75) is 226 Å². The number of hydrogen-bond donors (Lipinski definition) is 0. The van der Waals surface area contributed by atoms with Gasteiger partial charge in [-0.1, -0.05) is 250 Å². The van der Waals surface area contributed by atoms with Crippen LogP contribution in [0.25, 0.3) is 0 Å². The minimum Gasteiger partial charge on any atom is -0.462 e. The molecule has 0 aliphatic carbocycles. The summed E-state index contributed by atoms with van der Waals surface area (Å²) < 4.78 is 16.7. The Labute approximate surface area is 429 Å². The lowest BCUT2D eigenvalue weighted by Gasteiger charge is -2.18. The Kier molecular flexibility index (Phi) is 53.0. The lowest BCUT2D eigenvalue weighted by molar-refractivity contribution is -0.167. The summed E-state index contributed by atoms with van der Waals surface area (Å²) in [4.78, 5) is 38.1. The molecule has 1 atom stereocenters. The molecule has 0 aliphatic rings. The fourth-order valence-corrected chi connectivity index (χ4v) is 7.08. The van der Waals surface area contributed by atoms with Gasteiger partial charge >= 0.3 is 17.9 Å². The lowest BCUT2D eigenvalue weighted by atomic mass is 10.1. The first-order chi connectivity index (χ1) is 34.5. The van der Waals surface area contributed by atoms with Gasteiger partial charge < -0.3 is 14.2 Å². The van der Waals surface area contributed by atoms with E-state index in [1.54, 1.807) is 0 Å². The van der Waals surface area contributed by atoms with E-state index in [4.69, 9.17) is 14.2 Å². The molecule has 0 aliphatic heterocycles. The van der Waals surface area contributed by atoms with Crippen molar-refractivity contribution >= 4 is 17.9 Å². The number of esters is 3. The topological polar surface area (TPSA) is 78.9 Å². The van der Waals surface area contributed by atoms with Gasteiger partial charge in [0.25, 0.3) is 0 Å².